The number of nitriles is 1. The van der Waals surface area contributed by atoms with Gasteiger partial charge >= 0.3 is 5.97 Å². The van der Waals surface area contributed by atoms with Gasteiger partial charge in [-0.2, -0.15) is 5.26 Å². The summed E-state index contributed by atoms with van der Waals surface area (Å²) < 4.78 is 1.43. The van der Waals surface area contributed by atoms with E-state index in [1.807, 2.05) is 18.2 Å². The average Bonchev–Trinajstić information content (AvgIpc) is 2.89. The third-order valence-corrected chi connectivity index (χ3v) is 4.06. The van der Waals surface area contributed by atoms with E-state index in [-0.39, 0.29) is 16.9 Å². The zero-order chi connectivity index (χ0) is 18.4. The fourth-order valence-corrected chi connectivity index (χ4v) is 2.86. The Bertz CT molecular complexity index is 1250. The van der Waals surface area contributed by atoms with Crippen molar-refractivity contribution >= 4 is 34.0 Å². The minimum absolute atomic E-state index is 0.0836. The Hall–Kier alpha value is -4.12. The number of para-hydroxylation sites is 2. The summed E-state index contributed by atoms with van der Waals surface area (Å²) in [5, 5.41) is 30.5. The molecule has 0 saturated carbocycles. The number of benzene rings is 2. The maximum absolute atomic E-state index is 12.1. The summed E-state index contributed by atoms with van der Waals surface area (Å²) in [7, 11) is 0. The average molecular weight is 344 g/mol. The van der Waals surface area contributed by atoms with Gasteiger partial charge in [-0.1, -0.05) is 17.9 Å². The van der Waals surface area contributed by atoms with Crippen LogP contribution in [-0.2, 0) is 0 Å². The number of hydrogen-bond donors (Lipinski definition) is 2. The molecule has 0 aliphatic heterocycles. The van der Waals surface area contributed by atoms with Gasteiger partial charge in [0.15, 0.2) is 5.65 Å². The highest BCUT2D eigenvalue weighted by molar-refractivity contribution is 5.94. The zero-order valence-electron chi connectivity index (χ0n) is 13.2. The lowest BCUT2D eigenvalue weighted by molar-refractivity contribution is -0.268. The van der Waals surface area contributed by atoms with Gasteiger partial charge in [-0.05, 0) is 30.3 Å². The van der Waals surface area contributed by atoms with Gasteiger partial charge in [0.25, 0.3) is 0 Å². The van der Waals surface area contributed by atoms with E-state index in [1.165, 1.54) is 16.7 Å². The number of carboxylic acid groups (broad SMARTS) is 1. The molecule has 8 nitrogen and oxygen atoms in total. The van der Waals surface area contributed by atoms with Crippen LogP contribution in [0.2, 0.25) is 0 Å². The monoisotopic (exact) mass is 344 g/mol. The predicted octanol–water partition coefficient (Wildman–Crippen LogP) is 1.80. The second-order valence-corrected chi connectivity index (χ2v) is 5.58. The van der Waals surface area contributed by atoms with Crippen molar-refractivity contribution in [2.24, 2.45) is 0 Å². The molecule has 0 amide bonds. The highest BCUT2D eigenvalue weighted by atomic mass is 16.4. The van der Waals surface area contributed by atoms with Crippen LogP contribution < -0.4 is 10.8 Å². The summed E-state index contributed by atoms with van der Waals surface area (Å²) in [5.41, 5.74) is 8.08. The van der Waals surface area contributed by atoms with Crippen molar-refractivity contribution < 1.29 is 15.0 Å². The van der Waals surface area contributed by atoms with Crippen molar-refractivity contribution in [3.8, 4) is 17.5 Å². The zero-order valence-corrected chi connectivity index (χ0v) is 13.2. The molecular formula is C18H10N5O3-. The van der Waals surface area contributed by atoms with E-state index in [9.17, 15) is 15.2 Å². The van der Waals surface area contributed by atoms with E-state index in [4.69, 9.17) is 10.8 Å². The first-order valence-corrected chi connectivity index (χ1v) is 7.52. The summed E-state index contributed by atoms with van der Waals surface area (Å²) in [6, 6.07) is 13.0. The molecular weight excluding hydrogens is 334 g/mol. The lowest BCUT2D eigenvalue weighted by atomic mass is 10.2. The number of aromatic nitrogens is 3. The number of fused-ring (bicyclic) bond motifs is 2. The van der Waals surface area contributed by atoms with Crippen LogP contribution in [0.5, 0.6) is 5.75 Å². The second-order valence-electron chi connectivity index (χ2n) is 5.58. The highest BCUT2D eigenvalue weighted by Gasteiger charge is 2.20. The quantitative estimate of drug-likeness (QED) is 0.564. The molecule has 0 unspecified atom stereocenters. The van der Waals surface area contributed by atoms with Crippen LogP contribution in [0.3, 0.4) is 0 Å². The molecule has 0 saturated heterocycles. The Labute approximate surface area is 146 Å². The van der Waals surface area contributed by atoms with Crippen LogP contribution in [0.4, 0.5) is 5.82 Å². The van der Waals surface area contributed by atoms with Gasteiger partial charge in [0.05, 0.1) is 16.6 Å². The Morgan fingerprint density at radius 1 is 1.19 bits per heavy atom. The fourth-order valence-electron chi connectivity index (χ4n) is 2.86. The topological polar surface area (TPSA) is 141 Å². The Morgan fingerprint density at radius 2 is 1.88 bits per heavy atom. The normalized spacial score (nSPS) is 10.9. The molecule has 0 atom stereocenters. The molecule has 26 heavy (non-hydrogen) atoms. The third-order valence-electron chi connectivity index (χ3n) is 4.06. The minimum Gasteiger partial charge on any atom is -0.872 e. The van der Waals surface area contributed by atoms with Gasteiger partial charge in [0, 0.05) is 5.69 Å². The highest BCUT2D eigenvalue weighted by Crippen LogP contribution is 2.31. The molecule has 8 heteroatoms. The summed E-state index contributed by atoms with van der Waals surface area (Å²) in [6.07, 6.45) is 0. The van der Waals surface area contributed by atoms with Crippen molar-refractivity contribution in [1.29, 1.82) is 5.26 Å². The molecule has 3 N–H and O–H groups in total. The SMILES string of the molecule is N#Cc1c(N)n(-c2ccc(C(=O)O)c([O-])c2)c2nc3ccccc3nc12. The predicted molar refractivity (Wildman–Crippen MR) is 91.9 cm³/mol. The summed E-state index contributed by atoms with van der Waals surface area (Å²) in [4.78, 5) is 20.0. The molecule has 2 heterocycles. The molecule has 2 aromatic carbocycles. The molecule has 0 fully saturated rings. The summed E-state index contributed by atoms with van der Waals surface area (Å²) in [5.74, 6) is -1.89. The minimum atomic E-state index is -1.31. The number of nitrogen functional groups attached to an aromatic ring is 1. The largest absolute Gasteiger partial charge is 0.872 e. The first-order chi connectivity index (χ1) is 12.5. The first-order valence-electron chi connectivity index (χ1n) is 7.52. The lowest BCUT2D eigenvalue weighted by Crippen LogP contribution is -2.07. The number of nitrogens with two attached hydrogens (primary N) is 1. The van der Waals surface area contributed by atoms with E-state index in [2.05, 4.69) is 9.97 Å². The second kappa shape index (κ2) is 5.46. The van der Waals surface area contributed by atoms with Crippen molar-refractivity contribution in [2.75, 3.05) is 5.73 Å². The smallest absolute Gasteiger partial charge is 0.335 e. The van der Waals surface area contributed by atoms with E-state index in [1.54, 1.807) is 12.1 Å². The van der Waals surface area contributed by atoms with Crippen LogP contribution in [0, 0.1) is 11.3 Å². The molecule has 0 spiro atoms. The van der Waals surface area contributed by atoms with Crippen LogP contribution in [0.15, 0.2) is 42.5 Å². The number of hydrogen-bond acceptors (Lipinski definition) is 6. The van der Waals surface area contributed by atoms with Crippen molar-refractivity contribution in [3.63, 3.8) is 0 Å². The van der Waals surface area contributed by atoms with Gasteiger partial charge in [-0.25, -0.2) is 14.8 Å². The van der Waals surface area contributed by atoms with Crippen LogP contribution in [0.1, 0.15) is 15.9 Å². The van der Waals surface area contributed by atoms with Crippen molar-refractivity contribution in [3.05, 3.63) is 53.6 Å². The first kappa shape index (κ1) is 15.4. The summed E-state index contributed by atoms with van der Waals surface area (Å²) in [6.45, 7) is 0. The van der Waals surface area contributed by atoms with E-state index < -0.39 is 11.7 Å². The standard InChI is InChI=1S/C18H11N5O3/c19-8-11-15-17(22-13-4-2-1-3-12(13)21-15)23(16(11)20)9-5-6-10(18(25)26)14(24)7-9/h1-7,24H,20H2,(H,25,26)/p-1. The molecule has 4 aromatic rings. The Kier molecular flexibility index (Phi) is 3.24. The van der Waals surface area contributed by atoms with Crippen molar-refractivity contribution in [2.45, 2.75) is 0 Å². The number of carboxylic acids is 1. The van der Waals surface area contributed by atoms with Crippen molar-refractivity contribution in [1.82, 2.24) is 14.5 Å². The molecule has 126 valence electrons. The lowest BCUT2D eigenvalue weighted by Gasteiger charge is -2.14. The molecule has 0 aliphatic carbocycles. The molecule has 4 rings (SSSR count). The Balaban J connectivity index is 2.08. The van der Waals surface area contributed by atoms with E-state index in [0.717, 1.165) is 6.07 Å². The maximum atomic E-state index is 12.1. The summed E-state index contributed by atoms with van der Waals surface area (Å²) >= 11 is 0. The van der Waals surface area contributed by atoms with Gasteiger partial charge in [0.1, 0.15) is 23.0 Å². The molecule has 0 bridgehead atoms. The van der Waals surface area contributed by atoms with Crippen LogP contribution in [-0.4, -0.2) is 25.6 Å². The Morgan fingerprint density at radius 3 is 2.50 bits per heavy atom. The van der Waals surface area contributed by atoms with E-state index >= 15 is 0 Å². The molecule has 2 aromatic heterocycles. The molecule has 0 radical (unpaired) electrons. The van der Waals surface area contributed by atoms with Gasteiger partial charge in [0.2, 0.25) is 0 Å². The van der Waals surface area contributed by atoms with Gasteiger partial charge in [-0.15, -0.1) is 0 Å². The number of carbonyl (C=O) groups is 1. The number of anilines is 1. The fraction of sp³-hybridized carbons (Fsp3) is 0. The molecule has 0 aliphatic rings. The number of nitrogens with zero attached hydrogens (tertiary/aromatic N) is 4. The number of rotatable bonds is 2. The number of aromatic carboxylic acids is 1. The van der Waals surface area contributed by atoms with Crippen LogP contribution >= 0.6 is 0 Å². The van der Waals surface area contributed by atoms with E-state index in [0.29, 0.717) is 27.9 Å². The maximum Gasteiger partial charge on any atom is 0.335 e. The third kappa shape index (κ3) is 2.12. The van der Waals surface area contributed by atoms with Gasteiger partial charge in [-0.3, -0.25) is 4.57 Å². The van der Waals surface area contributed by atoms with Gasteiger partial charge < -0.3 is 15.9 Å². The van der Waals surface area contributed by atoms with Crippen LogP contribution in [0.25, 0.3) is 27.9 Å².